The Hall–Kier alpha value is -3.99. The molecular formula is C22H23ClN4O7. The molecule has 0 saturated heterocycles. The first-order chi connectivity index (χ1) is 16.0. The maximum Gasteiger partial charge on any atom is 0.326 e. The van der Waals surface area contributed by atoms with E-state index in [2.05, 4.69) is 10.6 Å². The molecule has 0 unspecified atom stereocenters. The van der Waals surface area contributed by atoms with Crippen LogP contribution in [0.15, 0.2) is 42.5 Å². The largest absolute Gasteiger partial charge is 0.451 e. The van der Waals surface area contributed by atoms with Gasteiger partial charge in [0.15, 0.2) is 6.10 Å². The molecule has 12 heteroatoms. The quantitative estimate of drug-likeness (QED) is 0.311. The number of halogens is 1. The topological polar surface area (TPSA) is 148 Å². The van der Waals surface area contributed by atoms with Gasteiger partial charge in [-0.05, 0) is 38.1 Å². The zero-order valence-corrected chi connectivity index (χ0v) is 19.4. The van der Waals surface area contributed by atoms with Crippen molar-refractivity contribution in [3.05, 3.63) is 68.7 Å². The lowest BCUT2D eigenvalue weighted by Gasteiger charge is -2.21. The molecule has 0 radical (unpaired) electrons. The number of ether oxygens (including phenoxy) is 1. The summed E-state index contributed by atoms with van der Waals surface area (Å²) in [4.78, 5) is 60.0. The fraction of sp³-hybridized carbons (Fsp3) is 0.273. The molecule has 0 aliphatic rings. The minimum atomic E-state index is -1.21. The van der Waals surface area contributed by atoms with E-state index in [1.807, 2.05) is 19.1 Å². The molecule has 2 N–H and O–H groups in total. The zero-order valence-electron chi connectivity index (χ0n) is 18.7. The van der Waals surface area contributed by atoms with Gasteiger partial charge in [-0.25, -0.2) is 0 Å². The van der Waals surface area contributed by atoms with Crippen molar-refractivity contribution in [3.8, 4) is 0 Å². The van der Waals surface area contributed by atoms with Crippen molar-refractivity contribution in [1.29, 1.82) is 0 Å². The Morgan fingerprint density at radius 3 is 2.41 bits per heavy atom. The van der Waals surface area contributed by atoms with E-state index in [1.54, 1.807) is 12.1 Å². The van der Waals surface area contributed by atoms with Crippen molar-refractivity contribution in [1.82, 2.24) is 10.2 Å². The number of nitro groups is 1. The van der Waals surface area contributed by atoms with Crippen molar-refractivity contribution in [3.63, 3.8) is 0 Å². The number of aryl methyl sites for hydroxylation is 1. The summed E-state index contributed by atoms with van der Waals surface area (Å²) in [6, 6.07) is 10.6. The number of nitro benzene ring substituents is 1. The van der Waals surface area contributed by atoms with Gasteiger partial charge >= 0.3 is 5.97 Å². The number of benzene rings is 2. The van der Waals surface area contributed by atoms with Gasteiger partial charge in [-0.3, -0.25) is 29.3 Å². The Balaban J connectivity index is 1.82. The summed E-state index contributed by atoms with van der Waals surface area (Å²) < 4.78 is 5.01. The van der Waals surface area contributed by atoms with Crippen LogP contribution in [-0.2, 0) is 19.1 Å². The molecule has 2 rings (SSSR count). The second-order valence-electron chi connectivity index (χ2n) is 7.35. The molecular weight excluding hydrogens is 468 g/mol. The third kappa shape index (κ3) is 7.55. The molecule has 0 fully saturated rings. The fourth-order valence-corrected chi connectivity index (χ4v) is 2.97. The van der Waals surface area contributed by atoms with E-state index in [9.17, 15) is 29.3 Å². The molecule has 2 aromatic carbocycles. The normalized spacial score (nSPS) is 11.2. The van der Waals surface area contributed by atoms with Crippen LogP contribution in [-0.4, -0.2) is 59.8 Å². The SMILES string of the molecule is Cc1ccc(NC(=O)CN(C)C(=O)[C@H](C)OC(=O)CNC(=O)c2ccc(Cl)c([N+](=O)[O-])c2)cc1. The first-order valence-corrected chi connectivity index (χ1v) is 10.4. The first kappa shape index (κ1) is 26.3. The standard InChI is InChI=1S/C22H23ClN4O7/c1-13-4-7-16(8-5-13)25-19(28)12-26(3)22(31)14(2)34-20(29)11-24-21(30)15-6-9-17(23)18(10-15)27(32)33/h4-10,14H,11-12H2,1-3H3,(H,24,30)(H,25,28)/t14-/m0/s1. The molecule has 1 atom stereocenters. The van der Waals surface area contributed by atoms with E-state index in [0.29, 0.717) is 5.69 Å². The van der Waals surface area contributed by atoms with E-state index >= 15 is 0 Å². The van der Waals surface area contributed by atoms with E-state index < -0.39 is 47.0 Å². The molecule has 0 aliphatic carbocycles. The number of hydrogen-bond acceptors (Lipinski definition) is 7. The Kier molecular flexibility index (Phi) is 9.08. The molecule has 11 nitrogen and oxygen atoms in total. The maximum absolute atomic E-state index is 12.4. The predicted molar refractivity (Wildman–Crippen MR) is 123 cm³/mol. The van der Waals surface area contributed by atoms with Gasteiger partial charge in [0, 0.05) is 24.4 Å². The summed E-state index contributed by atoms with van der Waals surface area (Å²) in [5.74, 6) is -2.72. The lowest BCUT2D eigenvalue weighted by molar-refractivity contribution is -0.384. The van der Waals surface area contributed by atoms with E-state index in [0.717, 1.165) is 16.5 Å². The van der Waals surface area contributed by atoms with Crippen LogP contribution < -0.4 is 10.6 Å². The molecule has 0 aromatic heterocycles. The smallest absolute Gasteiger partial charge is 0.326 e. The minimum Gasteiger partial charge on any atom is -0.451 e. The van der Waals surface area contributed by atoms with Crippen LogP contribution in [0, 0.1) is 17.0 Å². The molecule has 34 heavy (non-hydrogen) atoms. The van der Waals surface area contributed by atoms with Crippen molar-refractivity contribution >= 4 is 46.7 Å². The number of amides is 3. The molecule has 0 heterocycles. The monoisotopic (exact) mass is 490 g/mol. The highest BCUT2D eigenvalue weighted by Crippen LogP contribution is 2.24. The summed E-state index contributed by atoms with van der Waals surface area (Å²) in [6.45, 7) is 2.40. The van der Waals surface area contributed by atoms with Crippen molar-refractivity contribution in [2.75, 3.05) is 25.5 Å². The molecule has 0 aliphatic heterocycles. The van der Waals surface area contributed by atoms with Crippen LogP contribution in [0.2, 0.25) is 5.02 Å². The highest BCUT2D eigenvalue weighted by atomic mass is 35.5. The fourth-order valence-electron chi connectivity index (χ4n) is 2.78. The van der Waals surface area contributed by atoms with E-state index in [4.69, 9.17) is 16.3 Å². The van der Waals surface area contributed by atoms with E-state index in [-0.39, 0.29) is 17.1 Å². The van der Waals surface area contributed by atoms with Gasteiger partial charge in [0.2, 0.25) is 5.91 Å². The summed E-state index contributed by atoms with van der Waals surface area (Å²) in [5.41, 5.74) is 1.09. The third-order valence-corrected chi connectivity index (χ3v) is 4.87. The average molecular weight is 491 g/mol. The molecule has 3 amide bonds. The summed E-state index contributed by atoms with van der Waals surface area (Å²) >= 11 is 5.70. The lowest BCUT2D eigenvalue weighted by Crippen LogP contribution is -2.42. The second kappa shape index (κ2) is 11.8. The summed E-state index contributed by atoms with van der Waals surface area (Å²) in [5, 5.41) is 15.7. The molecule has 0 bridgehead atoms. The number of anilines is 1. The zero-order chi connectivity index (χ0) is 25.4. The van der Waals surface area contributed by atoms with Gasteiger partial charge in [-0.1, -0.05) is 29.3 Å². The van der Waals surface area contributed by atoms with Crippen LogP contribution in [0.1, 0.15) is 22.8 Å². The first-order valence-electron chi connectivity index (χ1n) is 10.0. The second-order valence-corrected chi connectivity index (χ2v) is 7.75. The average Bonchev–Trinajstić information content (AvgIpc) is 2.78. The maximum atomic E-state index is 12.4. The van der Waals surface area contributed by atoms with Gasteiger partial charge in [-0.15, -0.1) is 0 Å². The Morgan fingerprint density at radius 1 is 1.15 bits per heavy atom. The lowest BCUT2D eigenvalue weighted by atomic mass is 10.2. The van der Waals surface area contributed by atoms with Crippen LogP contribution in [0.25, 0.3) is 0 Å². The highest BCUT2D eigenvalue weighted by Gasteiger charge is 2.23. The number of esters is 1. The van der Waals surface area contributed by atoms with Gasteiger partial charge in [-0.2, -0.15) is 0 Å². The molecule has 0 saturated carbocycles. The number of likely N-dealkylation sites (N-methyl/N-ethyl adjacent to an activating group) is 1. The Labute approximate surface area is 200 Å². The number of carbonyl (C=O) groups is 4. The van der Waals surface area contributed by atoms with Crippen LogP contribution in [0.4, 0.5) is 11.4 Å². The number of nitrogens with zero attached hydrogens (tertiary/aromatic N) is 2. The van der Waals surface area contributed by atoms with Crippen molar-refractivity contribution < 1.29 is 28.8 Å². The molecule has 180 valence electrons. The summed E-state index contributed by atoms with van der Waals surface area (Å²) in [6.07, 6.45) is -1.21. The highest BCUT2D eigenvalue weighted by molar-refractivity contribution is 6.32. The Morgan fingerprint density at radius 2 is 1.79 bits per heavy atom. The molecule has 2 aromatic rings. The number of rotatable bonds is 9. The minimum absolute atomic E-state index is 0.0765. The predicted octanol–water partition coefficient (Wildman–Crippen LogP) is 2.32. The van der Waals surface area contributed by atoms with Gasteiger partial charge in [0.25, 0.3) is 17.5 Å². The van der Waals surface area contributed by atoms with Gasteiger partial charge in [0.1, 0.15) is 11.6 Å². The van der Waals surface area contributed by atoms with Crippen LogP contribution in [0.5, 0.6) is 0 Å². The number of hydrogen-bond donors (Lipinski definition) is 2. The Bertz CT molecular complexity index is 1100. The summed E-state index contributed by atoms with van der Waals surface area (Å²) in [7, 11) is 1.39. The van der Waals surface area contributed by atoms with E-state index in [1.165, 1.54) is 26.1 Å². The van der Waals surface area contributed by atoms with Crippen LogP contribution >= 0.6 is 11.6 Å². The van der Waals surface area contributed by atoms with Crippen LogP contribution in [0.3, 0.4) is 0 Å². The van der Waals surface area contributed by atoms with Gasteiger partial charge in [0.05, 0.1) is 11.5 Å². The van der Waals surface area contributed by atoms with Crippen molar-refractivity contribution in [2.45, 2.75) is 20.0 Å². The third-order valence-electron chi connectivity index (χ3n) is 4.55. The van der Waals surface area contributed by atoms with Gasteiger partial charge < -0.3 is 20.3 Å². The number of carbonyl (C=O) groups excluding carboxylic acids is 4. The van der Waals surface area contributed by atoms with Crippen molar-refractivity contribution in [2.24, 2.45) is 0 Å². The molecule has 0 spiro atoms. The number of nitrogens with one attached hydrogen (secondary N) is 2.